The molecule has 0 fully saturated rings. The van der Waals surface area contributed by atoms with Gasteiger partial charge < -0.3 is 9.47 Å². The number of nitro groups is 1. The normalized spacial score (nSPS) is 10.0. The fourth-order valence-electron chi connectivity index (χ4n) is 2.04. The Hall–Kier alpha value is -3.66. The second kappa shape index (κ2) is 10.0. The molecule has 0 aliphatic carbocycles. The van der Waals surface area contributed by atoms with Crippen molar-refractivity contribution in [2.24, 2.45) is 0 Å². The lowest BCUT2D eigenvalue weighted by Crippen LogP contribution is -2.43. The van der Waals surface area contributed by atoms with Crippen LogP contribution in [0.4, 0.5) is 5.69 Å². The van der Waals surface area contributed by atoms with E-state index in [2.05, 4.69) is 5.43 Å². The number of carbonyl (C=O) groups is 3. The molecule has 0 aliphatic rings. The van der Waals surface area contributed by atoms with E-state index < -0.39 is 35.9 Å². The van der Waals surface area contributed by atoms with Gasteiger partial charge in [-0.3, -0.25) is 30.6 Å². The van der Waals surface area contributed by atoms with Crippen molar-refractivity contribution in [3.63, 3.8) is 0 Å². The zero-order valence-electron chi connectivity index (χ0n) is 15.1. The van der Waals surface area contributed by atoms with E-state index in [1.54, 1.807) is 18.2 Å². The number of aryl methyl sites for hydroxylation is 1. The van der Waals surface area contributed by atoms with E-state index in [-0.39, 0.29) is 11.3 Å². The lowest BCUT2D eigenvalue weighted by Gasteiger charge is -2.10. The molecule has 2 amide bonds. The summed E-state index contributed by atoms with van der Waals surface area (Å²) >= 11 is 5.94. The molecule has 2 rings (SSSR count). The Morgan fingerprint density at radius 1 is 1.10 bits per heavy atom. The molecular weight excluding hydrogens is 406 g/mol. The Bertz CT molecular complexity index is 949. The van der Waals surface area contributed by atoms with Gasteiger partial charge in [0.05, 0.1) is 9.95 Å². The predicted octanol–water partition coefficient (Wildman–Crippen LogP) is 1.94. The average Bonchev–Trinajstić information content (AvgIpc) is 2.71. The van der Waals surface area contributed by atoms with Crippen molar-refractivity contribution in [1.29, 1.82) is 0 Å². The molecule has 29 heavy (non-hydrogen) atoms. The summed E-state index contributed by atoms with van der Waals surface area (Å²) in [6.07, 6.45) is 0. The summed E-state index contributed by atoms with van der Waals surface area (Å²) in [6, 6.07) is 9.98. The molecule has 11 heteroatoms. The molecule has 152 valence electrons. The van der Waals surface area contributed by atoms with Gasteiger partial charge in [0.1, 0.15) is 5.75 Å². The van der Waals surface area contributed by atoms with Crippen LogP contribution in [0, 0.1) is 17.0 Å². The van der Waals surface area contributed by atoms with Crippen LogP contribution in [0.25, 0.3) is 0 Å². The summed E-state index contributed by atoms with van der Waals surface area (Å²) in [6.45, 7) is 0.698. The van der Waals surface area contributed by atoms with Crippen LogP contribution in [0.15, 0.2) is 42.5 Å². The van der Waals surface area contributed by atoms with Crippen LogP contribution in [0.5, 0.6) is 5.75 Å². The van der Waals surface area contributed by atoms with Gasteiger partial charge in [0.2, 0.25) is 0 Å². The van der Waals surface area contributed by atoms with Crippen molar-refractivity contribution < 1.29 is 28.8 Å². The van der Waals surface area contributed by atoms with Crippen molar-refractivity contribution in [1.82, 2.24) is 10.9 Å². The van der Waals surface area contributed by atoms with Crippen molar-refractivity contribution in [2.75, 3.05) is 13.2 Å². The summed E-state index contributed by atoms with van der Waals surface area (Å²) < 4.78 is 9.96. The van der Waals surface area contributed by atoms with Crippen LogP contribution in [-0.4, -0.2) is 35.9 Å². The van der Waals surface area contributed by atoms with Gasteiger partial charge in [0, 0.05) is 17.7 Å². The van der Waals surface area contributed by atoms with Gasteiger partial charge in [-0.05, 0) is 30.7 Å². The Kier molecular flexibility index (Phi) is 7.49. The smallest absolute Gasteiger partial charge is 0.344 e. The minimum Gasteiger partial charge on any atom is -0.480 e. The number of rotatable bonds is 7. The maximum absolute atomic E-state index is 11.9. The highest BCUT2D eigenvalue weighted by Crippen LogP contribution is 2.25. The number of non-ortho nitro benzene ring substituents is 1. The highest BCUT2D eigenvalue weighted by atomic mass is 35.5. The Labute approximate surface area is 169 Å². The third-order valence-corrected chi connectivity index (χ3v) is 3.74. The van der Waals surface area contributed by atoms with E-state index in [0.29, 0.717) is 10.8 Å². The lowest BCUT2D eigenvalue weighted by atomic mass is 10.2. The van der Waals surface area contributed by atoms with Crippen molar-refractivity contribution >= 4 is 35.1 Å². The standard InChI is InChI=1S/C18H16ClN3O7/c1-11-5-6-14(19)15(7-11)28-10-17(24)29-9-16(23)20-21-18(25)12-3-2-4-13(8-12)22(26)27/h2-8H,9-10H2,1H3,(H,20,23)(H,21,25). The third kappa shape index (κ3) is 6.78. The van der Waals surface area contributed by atoms with Crippen LogP contribution in [0.3, 0.4) is 0 Å². The van der Waals surface area contributed by atoms with Gasteiger partial charge in [-0.25, -0.2) is 4.79 Å². The summed E-state index contributed by atoms with van der Waals surface area (Å²) in [5.41, 5.74) is 4.67. The highest BCUT2D eigenvalue weighted by molar-refractivity contribution is 6.32. The molecule has 2 aromatic rings. The molecular formula is C18H16ClN3O7. The van der Waals surface area contributed by atoms with E-state index in [1.807, 2.05) is 12.3 Å². The van der Waals surface area contributed by atoms with E-state index in [9.17, 15) is 24.5 Å². The van der Waals surface area contributed by atoms with Crippen LogP contribution in [0.2, 0.25) is 5.02 Å². The minimum absolute atomic E-state index is 0.0278. The number of amides is 2. The predicted molar refractivity (Wildman–Crippen MR) is 101 cm³/mol. The first-order chi connectivity index (χ1) is 13.8. The maximum Gasteiger partial charge on any atom is 0.344 e. The van der Waals surface area contributed by atoms with Crippen LogP contribution >= 0.6 is 11.6 Å². The number of nitrogens with one attached hydrogen (secondary N) is 2. The number of hydrazine groups is 1. The molecule has 0 heterocycles. The molecule has 0 radical (unpaired) electrons. The fourth-order valence-corrected chi connectivity index (χ4v) is 2.21. The molecule has 0 spiro atoms. The first kappa shape index (κ1) is 21.6. The van der Waals surface area contributed by atoms with E-state index in [4.69, 9.17) is 21.1 Å². The highest BCUT2D eigenvalue weighted by Gasteiger charge is 2.13. The third-order valence-electron chi connectivity index (χ3n) is 3.43. The second-order valence-corrected chi connectivity index (χ2v) is 6.10. The van der Waals surface area contributed by atoms with Gasteiger partial charge in [-0.15, -0.1) is 0 Å². The zero-order chi connectivity index (χ0) is 21.4. The SMILES string of the molecule is Cc1ccc(Cl)c(OCC(=O)OCC(=O)NNC(=O)c2cccc([N+](=O)[O-])c2)c1. The summed E-state index contributed by atoms with van der Waals surface area (Å²) in [4.78, 5) is 45.3. The zero-order valence-corrected chi connectivity index (χ0v) is 15.9. The molecule has 0 bridgehead atoms. The fraction of sp³-hybridized carbons (Fsp3) is 0.167. The monoisotopic (exact) mass is 421 g/mol. The Morgan fingerprint density at radius 3 is 2.59 bits per heavy atom. The van der Waals surface area contributed by atoms with Crippen LogP contribution < -0.4 is 15.6 Å². The van der Waals surface area contributed by atoms with Gasteiger partial charge >= 0.3 is 5.97 Å². The molecule has 0 saturated carbocycles. The molecule has 2 aromatic carbocycles. The molecule has 2 N–H and O–H groups in total. The summed E-state index contributed by atoms with van der Waals surface area (Å²) in [5, 5.41) is 11.0. The van der Waals surface area contributed by atoms with E-state index in [1.165, 1.54) is 18.2 Å². The quantitative estimate of drug-likeness (QED) is 0.396. The number of nitro benzene ring substituents is 1. The van der Waals surface area contributed by atoms with Crippen molar-refractivity contribution in [2.45, 2.75) is 6.92 Å². The number of halogens is 1. The molecule has 0 aromatic heterocycles. The van der Waals surface area contributed by atoms with Crippen LogP contribution in [0.1, 0.15) is 15.9 Å². The summed E-state index contributed by atoms with van der Waals surface area (Å²) in [7, 11) is 0. The number of hydrogen-bond acceptors (Lipinski definition) is 7. The molecule has 10 nitrogen and oxygen atoms in total. The minimum atomic E-state index is -0.817. The largest absolute Gasteiger partial charge is 0.480 e. The average molecular weight is 422 g/mol. The molecule has 0 atom stereocenters. The Morgan fingerprint density at radius 2 is 1.86 bits per heavy atom. The topological polar surface area (TPSA) is 137 Å². The van der Waals surface area contributed by atoms with Gasteiger partial charge in [-0.1, -0.05) is 23.7 Å². The van der Waals surface area contributed by atoms with E-state index in [0.717, 1.165) is 11.6 Å². The lowest BCUT2D eigenvalue weighted by molar-refractivity contribution is -0.384. The summed E-state index contributed by atoms with van der Waals surface area (Å²) in [5.74, 6) is -2.10. The number of nitrogens with zero attached hydrogens (tertiary/aromatic N) is 1. The van der Waals surface area contributed by atoms with Crippen molar-refractivity contribution in [3.05, 3.63) is 68.7 Å². The van der Waals surface area contributed by atoms with Gasteiger partial charge in [0.25, 0.3) is 17.5 Å². The Balaban J connectivity index is 1.74. The number of benzene rings is 2. The first-order valence-corrected chi connectivity index (χ1v) is 8.52. The van der Waals surface area contributed by atoms with E-state index >= 15 is 0 Å². The van der Waals surface area contributed by atoms with Crippen LogP contribution in [-0.2, 0) is 14.3 Å². The van der Waals surface area contributed by atoms with Gasteiger partial charge in [0.15, 0.2) is 13.2 Å². The molecule has 0 unspecified atom stereocenters. The second-order valence-electron chi connectivity index (χ2n) is 5.69. The van der Waals surface area contributed by atoms with Crippen molar-refractivity contribution in [3.8, 4) is 5.75 Å². The number of ether oxygens (including phenoxy) is 2. The number of carbonyl (C=O) groups excluding carboxylic acids is 3. The maximum atomic E-state index is 11.9. The number of esters is 1. The van der Waals surface area contributed by atoms with Gasteiger partial charge in [-0.2, -0.15) is 0 Å². The molecule has 0 saturated heterocycles. The molecule has 0 aliphatic heterocycles. The first-order valence-electron chi connectivity index (χ1n) is 8.14. The number of hydrogen-bond donors (Lipinski definition) is 2.